The van der Waals surface area contributed by atoms with Gasteiger partial charge in [-0.2, -0.15) is 0 Å². The monoisotopic (exact) mass is 300 g/mol. The molecule has 0 saturated carbocycles. The van der Waals surface area contributed by atoms with Gasteiger partial charge in [-0.1, -0.05) is 44.2 Å². The molecule has 22 heavy (non-hydrogen) atoms. The lowest BCUT2D eigenvalue weighted by Crippen LogP contribution is -2.44. The summed E-state index contributed by atoms with van der Waals surface area (Å²) in [6.45, 7) is 3.72. The van der Waals surface area contributed by atoms with Crippen molar-refractivity contribution in [3.8, 4) is 5.75 Å². The van der Waals surface area contributed by atoms with Crippen molar-refractivity contribution in [2.24, 2.45) is 5.92 Å². The Labute approximate surface area is 129 Å². The van der Waals surface area contributed by atoms with Crippen LogP contribution >= 0.6 is 0 Å². The zero-order valence-corrected chi connectivity index (χ0v) is 12.8. The van der Waals surface area contributed by atoms with Crippen LogP contribution in [0.2, 0.25) is 0 Å². The van der Waals surface area contributed by atoms with E-state index in [-0.39, 0.29) is 18.4 Å². The summed E-state index contributed by atoms with van der Waals surface area (Å²) in [5.41, 5.74) is 4.69. The van der Waals surface area contributed by atoms with E-state index in [4.69, 9.17) is 4.74 Å². The van der Waals surface area contributed by atoms with Gasteiger partial charge < -0.3 is 4.74 Å². The Balaban J connectivity index is 1.81. The molecule has 0 unspecified atom stereocenters. The highest BCUT2D eigenvalue weighted by Crippen LogP contribution is 2.20. The van der Waals surface area contributed by atoms with E-state index in [9.17, 15) is 9.59 Å². The number of benzene rings is 2. The molecule has 2 N–H and O–H groups in total. The van der Waals surface area contributed by atoms with Crippen LogP contribution in [-0.4, -0.2) is 18.4 Å². The molecule has 116 valence electrons. The van der Waals surface area contributed by atoms with Crippen LogP contribution in [0.25, 0.3) is 10.8 Å². The van der Waals surface area contributed by atoms with Gasteiger partial charge in [0.05, 0.1) is 0 Å². The molecule has 2 rings (SSSR count). The predicted octanol–water partition coefficient (Wildman–Crippen LogP) is 2.41. The van der Waals surface area contributed by atoms with E-state index >= 15 is 0 Å². The molecular weight excluding hydrogens is 280 g/mol. The Morgan fingerprint density at radius 3 is 2.41 bits per heavy atom. The second-order valence-electron chi connectivity index (χ2n) is 5.49. The second kappa shape index (κ2) is 7.45. The van der Waals surface area contributed by atoms with E-state index in [0.29, 0.717) is 12.2 Å². The van der Waals surface area contributed by atoms with Crippen molar-refractivity contribution in [3.63, 3.8) is 0 Å². The minimum atomic E-state index is -0.398. The molecule has 0 aliphatic carbocycles. The molecule has 0 atom stereocenters. The van der Waals surface area contributed by atoms with Gasteiger partial charge >= 0.3 is 0 Å². The Kier molecular flexibility index (Phi) is 5.36. The average molecular weight is 300 g/mol. The van der Waals surface area contributed by atoms with E-state index in [1.165, 1.54) is 0 Å². The Hall–Kier alpha value is -2.56. The first-order chi connectivity index (χ1) is 10.5. The molecule has 2 amide bonds. The van der Waals surface area contributed by atoms with Gasteiger partial charge in [0.2, 0.25) is 5.91 Å². The van der Waals surface area contributed by atoms with Crippen molar-refractivity contribution >= 4 is 22.6 Å². The normalized spacial score (nSPS) is 10.5. The minimum absolute atomic E-state index is 0.152. The van der Waals surface area contributed by atoms with Crippen molar-refractivity contribution < 1.29 is 14.3 Å². The van der Waals surface area contributed by atoms with Crippen LogP contribution in [0.3, 0.4) is 0 Å². The van der Waals surface area contributed by atoms with Crippen molar-refractivity contribution in [2.75, 3.05) is 6.61 Å². The van der Waals surface area contributed by atoms with Crippen LogP contribution in [0.4, 0.5) is 0 Å². The fourth-order valence-corrected chi connectivity index (χ4v) is 2.00. The molecule has 0 fully saturated rings. The summed E-state index contributed by atoms with van der Waals surface area (Å²) in [6, 6.07) is 13.5. The maximum Gasteiger partial charge on any atom is 0.276 e. The van der Waals surface area contributed by atoms with Gasteiger partial charge in [-0.25, -0.2) is 0 Å². The third kappa shape index (κ3) is 4.77. The van der Waals surface area contributed by atoms with Crippen molar-refractivity contribution in [1.29, 1.82) is 0 Å². The molecular formula is C17H20N2O3. The minimum Gasteiger partial charge on any atom is -0.484 e. The molecule has 0 saturated heterocycles. The van der Waals surface area contributed by atoms with E-state index in [1.54, 1.807) is 0 Å². The van der Waals surface area contributed by atoms with Gasteiger partial charge in [0, 0.05) is 6.42 Å². The number of ether oxygens (including phenoxy) is 1. The van der Waals surface area contributed by atoms with Crippen LogP contribution in [0.1, 0.15) is 20.3 Å². The second-order valence-corrected chi connectivity index (χ2v) is 5.49. The topological polar surface area (TPSA) is 67.4 Å². The van der Waals surface area contributed by atoms with Crippen LogP contribution in [-0.2, 0) is 9.59 Å². The van der Waals surface area contributed by atoms with Gasteiger partial charge in [0.1, 0.15) is 5.75 Å². The molecule has 0 aliphatic rings. The zero-order valence-electron chi connectivity index (χ0n) is 12.8. The smallest absolute Gasteiger partial charge is 0.276 e. The number of hydrazine groups is 1. The number of hydrogen-bond donors (Lipinski definition) is 2. The highest BCUT2D eigenvalue weighted by atomic mass is 16.5. The maximum absolute atomic E-state index is 11.6. The number of carbonyl (C=O) groups is 2. The molecule has 0 heterocycles. The van der Waals surface area contributed by atoms with Crippen LogP contribution in [0.5, 0.6) is 5.75 Å². The van der Waals surface area contributed by atoms with Crippen LogP contribution in [0.15, 0.2) is 42.5 Å². The highest BCUT2D eigenvalue weighted by molar-refractivity contribution is 5.84. The number of rotatable bonds is 5. The van der Waals surface area contributed by atoms with Crippen LogP contribution in [0, 0.1) is 5.92 Å². The molecule has 0 aliphatic heterocycles. The third-order valence-electron chi connectivity index (χ3n) is 3.03. The van der Waals surface area contributed by atoms with E-state index in [2.05, 4.69) is 10.9 Å². The summed E-state index contributed by atoms with van der Waals surface area (Å²) in [4.78, 5) is 23.0. The number of nitrogens with one attached hydrogen (secondary N) is 2. The first-order valence-corrected chi connectivity index (χ1v) is 7.24. The summed E-state index contributed by atoms with van der Waals surface area (Å²) in [5.74, 6) is 0.243. The van der Waals surface area contributed by atoms with Crippen molar-refractivity contribution in [1.82, 2.24) is 10.9 Å². The highest BCUT2D eigenvalue weighted by Gasteiger charge is 2.07. The average Bonchev–Trinajstić information content (AvgIpc) is 2.50. The van der Waals surface area contributed by atoms with Crippen molar-refractivity contribution in [3.05, 3.63) is 42.5 Å². The first kappa shape index (κ1) is 15.8. The molecule has 0 aromatic heterocycles. The van der Waals surface area contributed by atoms with E-state index < -0.39 is 5.91 Å². The van der Waals surface area contributed by atoms with E-state index in [0.717, 1.165) is 10.8 Å². The quantitative estimate of drug-likeness (QED) is 0.833. The van der Waals surface area contributed by atoms with E-state index in [1.807, 2.05) is 56.3 Å². The molecule has 0 bridgehead atoms. The fourth-order valence-electron chi connectivity index (χ4n) is 2.00. The van der Waals surface area contributed by atoms with Gasteiger partial charge in [0.15, 0.2) is 6.61 Å². The zero-order chi connectivity index (χ0) is 15.9. The van der Waals surface area contributed by atoms with Crippen LogP contribution < -0.4 is 15.6 Å². The number of carbonyl (C=O) groups excluding carboxylic acids is 2. The van der Waals surface area contributed by atoms with Crippen molar-refractivity contribution in [2.45, 2.75) is 20.3 Å². The summed E-state index contributed by atoms with van der Waals surface area (Å²) in [7, 11) is 0. The lowest BCUT2D eigenvalue weighted by atomic mass is 10.1. The summed E-state index contributed by atoms with van der Waals surface area (Å²) in [6.07, 6.45) is 0.367. The summed E-state index contributed by atoms with van der Waals surface area (Å²) in [5, 5.41) is 2.16. The number of amides is 2. The fraction of sp³-hybridized carbons (Fsp3) is 0.294. The van der Waals surface area contributed by atoms with Gasteiger partial charge in [0.25, 0.3) is 5.91 Å². The molecule has 5 heteroatoms. The molecule has 0 radical (unpaired) electrons. The predicted molar refractivity (Wildman–Crippen MR) is 85.2 cm³/mol. The van der Waals surface area contributed by atoms with Gasteiger partial charge in [-0.05, 0) is 28.8 Å². The van der Waals surface area contributed by atoms with Gasteiger partial charge in [-0.3, -0.25) is 20.4 Å². The standard InChI is InChI=1S/C17H20N2O3/c1-12(2)9-16(20)18-19-17(21)11-22-15-8-7-13-5-3-4-6-14(13)10-15/h3-8,10,12H,9,11H2,1-2H3,(H,18,20)(H,19,21). The number of hydrogen-bond acceptors (Lipinski definition) is 3. The molecule has 2 aromatic rings. The lowest BCUT2D eigenvalue weighted by molar-refractivity contribution is -0.130. The summed E-state index contributed by atoms with van der Waals surface area (Å²) >= 11 is 0. The Morgan fingerprint density at radius 2 is 1.68 bits per heavy atom. The Morgan fingerprint density at radius 1 is 1.00 bits per heavy atom. The molecule has 0 spiro atoms. The number of fused-ring (bicyclic) bond motifs is 1. The maximum atomic E-state index is 11.6. The largest absolute Gasteiger partial charge is 0.484 e. The third-order valence-corrected chi connectivity index (χ3v) is 3.03. The SMILES string of the molecule is CC(C)CC(=O)NNC(=O)COc1ccc2ccccc2c1. The Bertz CT molecular complexity index is 668. The molecule has 5 nitrogen and oxygen atoms in total. The molecule has 2 aromatic carbocycles. The van der Waals surface area contributed by atoms with Gasteiger partial charge in [-0.15, -0.1) is 0 Å². The first-order valence-electron chi connectivity index (χ1n) is 7.24. The lowest BCUT2D eigenvalue weighted by Gasteiger charge is -2.10. The summed E-state index contributed by atoms with van der Waals surface area (Å²) < 4.78 is 5.43.